The molecule has 0 radical (unpaired) electrons. The second kappa shape index (κ2) is 11.2. The van der Waals surface area contributed by atoms with E-state index in [-0.39, 0.29) is 6.54 Å². The van der Waals surface area contributed by atoms with Crippen LogP contribution in [0.3, 0.4) is 0 Å². The minimum Gasteiger partial charge on any atom is -0.271 e. The van der Waals surface area contributed by atoms with Crippen molar-refractivity contribution >= 4 is 35.3 Å². The monoisotopic (exact) mass is 530 g/mol. The van der Waals surface area contributed by atoms with Crippen molar-refractivity contribution in [2.24, 2.45) is 5.10 Å². The third kappa shape index (κ3) is 6.08. The van der Waals surface area contributed by atoms with Crippen molar-refractivity contribution in [3.63, 3.8) is 0 Å². The number of benzene rings is 3. The Balaban J connectivity index is 1.30. The van der Waals surface area contributed by atoms with Gasteiger partial charge in [-0.3, -0.25) is 9.48 Å². The van der Waals surface area contributed by atoms with Gasteiger partial charge in [0.2, 0.25) is 5.82 Å². The van der Waals surface area contributed by atoms with Gasteiger partial charge in [-0.25, -0.2) is 5.43 Å². The zero-order valence-electron chi connectivity index (χ0n) is 19.4. The fourth-order valence-corrected chi connectivity index (χ4v) is 4.08. The lowest BCUT2D eigenvalue weighted by Crippen LogP contribution is -2.24. The molecule has 0 fully saturated rings. The fourth-order valence-electron chi connectivity index (χ4n) is 3.61. The Labute approximate surface area is 222 Å². The van der Waals surface area contributed by atoms with Gasteiger partial charge in [0.15, 0.2) is 0 Å². The van der Waals surface area contributed by atoms with E-state index in [1.165, 1.54) is 4.80 Å². The summed E-state index contributed by atoms with van der Waals surface area (Å²) in [4.78, 5) is 13.6. The van der Waals surface area contributed by atoms with Crippen LogP contribution >= 0.6 is 23.2 Å². The number of hydrogen-bond acceptors (Lipinski definition) is 6. The van der Waals surface area contributed by atoms with E-state index in [1.54, 1.807) is 23.0 Å². The zero-order chi connectivity index (χ0) is 25.6. The summed E-state index contributed by atoms with van der Waals surface area (Å²) in [5, 5.41) is 22.2. The van der Waals surface area contributed by atoms with E-state index in [2.05, 4.69) is 25.9 Å². The number of carbonyl (C=O) groups is 1. The van der Waals surface area contributed by atoms with Gasteiger partial charge in [-0.1, -0.05) is 89.9 Å². The lowest BCUT2D eigenvalue weighted by Gasteiger charge is -2.05. The quantitative estimate of drug-likeness (QED) is 0.231. The average molecular weight is 531 g/mol. The molecule has 0 aliphatic heterocycles. The van der Waals surface area contributed by atoms with Crippen molar-refractivity contribution in [3.8, 4) is 22.6 Å². The first-order valence-electron chi connectivity index (χ1n) is 11.3. The predicted octanol–water partition coefficient (Wildman–Crippen LogP) is 4.71. The Hall–Kier alpha value is -4.34. The fraction of sp³-hybridized carbons (Fsp3) is 0.0769. The number of hydrazone groups is 1. The van der Waals surface area contributed by atoms with Crippen LogP contribution in [-0.2, 0) is 17.9 Å². The molecule has 1 amide bonds. The first-order valence-corrected chi connectivity index (χ1v) is 12.0. The summed E-state index contributed by atoms with van der Waals surface area (Å²) in [5.74, 6) is 0.0486. The minimum atomic E-state index is -0.394. The molecule has 0 spiro atoms. The van der Waals surface area contributed by atoms with Crippen LogP contribution in [0.15, 0.2) is 90.2 Å². The third-order valence-electron chi connectivity index (χ3n) is 5.35. The number of carbonyl (C=O) groups excluding carboxylic acids is 1. The predicted molar refractivity (Wildman–Crippen MR) is 142 cm³/mol. The van der Waals surface area contributed by atoms with Crippen LogP contribution in [0.5, 0.6) is 0 Å². The molecule has 37 heavy (non-hydrogen) atoms. The summed E-state index contributed by atoms with van der Waals surface area (Å²) in [6.07, 6.45) is 3.39. The summed E-state index contributed by atoms with van der Waals surface area (Å²) in [7, 11) is 0. The van der Waals surface area contributed by atoms with Gasteiger partial charge in [-0.2, -0.15) is 15.0 Å². The number of nitrogens with zero attached hydrogens (tertiary/aromatic N) is 7. The van der Waals surface area contributed by atoms with Crippen molar-refractivity contribution in [1.82, 2.24) is 35.4 Å². The van der Waals surface area contributed by atoms with E-state index in [0.29, 0.717) is 28.1 Å². The molecule has 11 heteroatoms. The highest BCUT2D eigenvalue weighted by Crippen LogP contribution is 2.24. The molecule has 9 nitrogen and oxygen atoms in total. The summed E-state index contributed by atoms with van der Waals surface area (Å²) in [6.45, 7) is 0.314. The molecule has 0 atom stereocenters. The highest BCUT2D eigenvalue weighted by molar-refractivity contribution is 6.35. The maximum absolute atomic E-state index is 12.4. The Bertz CT molecular complexity index is 1550. The molecule has 5 rings (SSSR count). The number of rotatable bonds is 8. The van der Waals surface area contributed by atoms with Crippen LogP contribution in [0, 0.1) is 0 Å². The van der Waals surface area contributed by atoms with Gasteiger partial charge in [0, 0.05) is 32.9 Å². The molecule has 184 valence electrons. The Morgan fingerprint density at radius 1 is 0.946 bits per heavy atom. The van der Waals surface area contributed by atoms with Crippen LogP contribution < -0.4 is 5.43 Å². The van der Waals surface area contributed by atoms with Crippen LogP contribution in [0.2, 0.25) is 10.0 Å². The van der Waals surface area contributed by atoms with Gasteiger partial charge in [-0.15, -0.1) is 10.2 Å². The molecular formula is C26H20Cl2N8O. The molecule has 0 aliphatic carbocycles. The third-order valence-corrected chi connectivity index (χ3v) is 5.93. The number of amides is 1. The van der Waals surface area contributed by atoms with Crippen molar-refractivity contribution in [2.75, 3.05) is 0 Å². The lowest BCUT2D eigenvalue weighted by atomic mass is 10.1. The van der Waals surface area contributed by atoms with E-state index < -0.39 is 5.91 Å². The second-order valence-electron chi connectivity index (χ2n) is 8.04. The molecule has 5 aromatic rings. The average Bonchev–Trinajstić information content (AvgIpc) is 3.54. The summed E-state index contributed by atoms with van der Waals surface area (Å²) >= 11 is 12.4. The number of aromatic nitrogens is 6. The van der Waals surface area contributed by atoms with E-state index in [0.717, 1.165) is 22.3 Å². The second-order valence-corrected chi connectivity index (χ2v) is 8.88. The molecule has 1 N–H and O–H groups in total. The van der Waals surface area contributed by atoms with Crippen LogP contribution in [0.4, 0.5) is 0 Å². The van der Waals surface area contributed by atoms with E-state index in [1.807, 2.05) is 72.9 Å². The van der Waals surface area contributed by atoms with Gasteiger partial charge in [0.1, 0.15) is 12.2 Å². The van der Waals surface area contributed by atoms with Crippen molar-refractivity contribution in [3.05, 3.63) is 106 Å². The highest BCUT2D eigenvalue weighted by atomic mass is 35.5. The maximum atomic E-state index is 12.4. The normalized spacial score (nSPS) is 11.2. The van der Waals surface area contributed by atoms with Crippen molar-refractivity contribution < 1.29 is 4.79 Å². The number of hydrogen-bond donors (Lipinski definition) is 1. The largest absolute Gasteiger partial charge is 0.271 e. The van der Waals surface area contributed by atoms with E-state index in [9.17, 15) is 4.79 Å². The standard InChI is InChI=1S/C26H20Cl2N8O/c27-22-12-11-20(23(28)13-22)15-35-16-21(25(32-35)18-7-3-1-4-8-18)14-29-30-24(37)17-36-33-26(31-34-36)19-9-5-2-6-10-19/h1-14,16H,15,17H2,(H,30,37). The molecule has 0 saturated carbocycles. The molecule has 2 heterocycles. The molecule has 3 aromatic carbocycles. The van der Waals surface area contributed by atoms with E-state index >= 15 is 0 Å². The molecular weight excluding hydrogens is 511 g/mol. The Morgan fingerprint density at radius 2 is 1.68 bits per heavy atom. The maximum Gasteiger partial charge on any atom is 0.263 e. The number of halogens is 2. The van der Waals surface area contributed by atoms with Crippen molar-refractivity contribution in [2.45, 2.75) is 13.1 Å². The first kappa shape index (κ1) is 24.4. The summed E-state index contributed by atoms with van der Waals surface area (Å²) < 4.78 is 1.77. The van der Waals surface area contributed by atoms with Gasteiger partial charge < -0.3 is 0 Å². The zero-order valence-corrected chi connectivity index (χ0v) is 20.9. The summed E-state index contributed by atoms with van der Waals surface area (Å²) in [6, 6.07) is 24.5. The minimum absolute atomic E-state index is 0.128. The van der Waals surface area contributed by atoms with Gasteiger partial charge in [0.25, 0.3) is 5.91 Å². The topological polar surface area (TPSA) is 103 Å². The highest BCUT2D eigenvalue weighted by Gasteiger charge is 2.12. The van der Waals surface area contributed by atoms with Crippen LogP contribution in [0.25, 0.3) is 22.6 Å². The smallest absolute Gasteiger partial charge is 0.263 e. The molecule has 0 saturated heterocycles. The SMILES string of the molecule is O=C(Cn1nnc(-c2ccccc2)n1)NN=Cc1cn(Cc2ccc(Cl)cc2Cl)nc1-c1ccccc1. The lowest BCUT2D eigenvalue weighted by molar-refractivity contribution is -0.122. The molecule has 0 aliphatic rings. The Kier molecular flexibility index (Phi) is 7.34. The molecule has 0 bridgehead atoms. The van der Waals surface area contributed by atoms with Gasteiger partial charge in [-0.05, 0) is 22.9 Å². The summed E-state index contributed by atoms with van der Waals surface area (Å²) in [5.41, 5.74) is 6.56. The number of tetrazole rings is 1. The molecule has 0 unspecified atom stereocenters. The van der Waals surface area contributed by atoms with Gasteiger partial charge in [0.05, 0.1) is 12.8 Å². The first-order chi connectivity index (χ1) is 18.0. The van der Waals surface area contributed by atoms with Crippen LogP contribution in [0.1, 0.15) is 11.1 Å². The molecule has 2 aromatic heterocycles. The number of nitrogens with one attached hydrogen (secondary N) is 1. The van der Waals surface area contributed by atoms with Crippen molar-refractivity contribution in [1.29, 1.82) is 0 Å². The van der Waals surface area contributed by atoms with Gasteiger partial charge >= 0.3 is 0 Å². The van der Waals surface area contributed by atoms with E-state index in [4.69, 9.17) is 28.3 Å². The Morgan fingerprint density at radius 3 is 2.41 bits per heavy atom. The van der Waals surface area contributed by atoms with Crippen LogP contribution in [-0.4, -0.2) is 42.1 Å².